The molecule has 0 saturated carbocycles. The number of nitriles is 1. The first-order valence-corrected chi connectivity index (χ1v) is 8.50. The lowest BCUT2D eigenvalue weighted by Gasteiger charge is -2.21. The molecule has 0 aromatic heterocycles. The molecule has 1 aliphatic heterocycles. The van der Waals surface area contributed by atoms with Crippen LogP contribution < -0.4 is 5.32 Å². The lowest BCUT2D eigenvalue weighted by atomic mass is 10.1. The van der Waals surface area contributed by atoms with Crippen LogP contribution in [0.5, 0.6) is 0 Å². The molecule has 21 heavy (non-hydrogen) atoms. The van der Waals surface area contributed by atoms with Gasteiger partial charge in [-0.05, 0) is 30.5 Å². The quantitative estimate of drug-likeness (QED) is 0.882. The highest BCUT2D eigenvalue weighted by Crippen LogP contribution is 2.20. The minimum Gasteiger partial charge on any atom is -0.351 e. The van der Waals surface area contributed by atoms with Crippen molar-refractivity contribution in [1.29, 1.82) is 5.26 Å². The average molecular weight is 307 g/mol. The summed E-state index contributed by atoms with van der Waals surface area (Å²) in [7, 11) is -3.35. The predicted octanol–water partition coefficient (Wildman–Crippen LogP) is 0.598. The maximum Gasteiger partial charge on any atom is 0.238 e. The van der Waals surface area contributed by atoms with Gasteiger partial charge in [-0.3, -0.25) is 4.79 Å². The highest BCUT2D eigenvalue weighted by Gasteiger charge is 2.36. The monoisotopic (exact) mass is 307 g/mol. The SMILES string of the molecule is CS(=O)(=O)N1CCCC1C(=O)NCc1ccc(C#N)cc1. The van der Waals surface area contributed by atoms with E-state index >= 15 is 0 Å². The molecule has 1 fully saturated rings. The van der Waals surface area contributed by atoms with Crippen LogP contribution in [0.4, 0.5) is 0 Å². The summed E-state index contributed by atoms with van der Waals surface area (Å²) in [6.07, 6.45) is 2.37. The summed E-state index contributed by atoms with van der Waals surface area (Å²) in [6, 6.07) is 8.31. The van der Waals surface area contributed by atoms with Crippen molar-refractivity contribution in [2.45, 2.75) is 25.4 Å². The molecule has 7 heteroatoms. The van der Waals surface area contributed by atoms with Crippen molar-refractivity contribution in [2.24, 2.45) is 0 Å². The Morgan fingerprint density at radius 2 is 2.10 bits per heavy atom. The molecule has 1 aromatic carbocycles. The molecule has 1 N–H and O–H groups in total. The Balaban J connectivity index is 1.96. The van der Waals surface area contributed by atoms with Gasteiger partial charge in [0.25, 0.3) is 0 Å². The Kier molecular flexibility index (Phi) is 4.60. The summed E-state index contributed by atoms with van der Waals surface area (Å²) in [5.74, 6) is -0.276. The molecule has 6 nitrogen and oxygen atoms in total. The maximum atomic E-state index is 12.1. The molecular formula is C14H17N3O3S. The Morgan fingerprint density at radius 3 is 2.67 bits per heavy atom. The van der Waals surface area contributed by atoms with E-state index in [0.717, 1.165) is 11.8 Å². The van der Waals surface area contributed by atoms with Crippen molar-refractivity contribution in [2.75, 3.05) is 12.8 Å². The first-order valence-electron chi connectivity index (χ1n) is 6.65. The number of amides is 1. The lowest BCUT2D eigenvalue weighted by molar-refractivity contribution is -0.124. The van der Waals surface area contributed by atoms with E-state index in [1.54, 1.807) is 24.3 Å². The minimum atomic E-state index is -3.35. The van der Waals surface area contributed by atoms with Gasteiger partial charge in [0.2, 0.25) is 15.9 Å². The second-order valence-corrected chi connectivity index (χ2v) is 6.99. The normalized spacial score (nSPS) is 19.1. The molecule has 0 spiro atoms. The zero-order valence-corrected chi connectivity index (χ0v) is 12.6. The third-order valence-electron chi connectivity index (χ3n) is 3.48. The van der Waals surface area contributed by atoms with Crippen LogP contribution in [0.15, 0.2) is 24.3 Å². The Labute approximate surface area is 124 Å². The molecule has 112 valence electrons. The van der Waals surface area contributed by atoms with E-state index < -0.39 is 16.1 Å². The van der Waals surface area contributed by atoms with Crippen molar-refractivity contribution >= 4 is 15.9 Å². The largest absolute Gasteiger partial charge is 0.351 e. The standard InChI is InChI=1S/C14H17N3O3S/c1-21(19,20)17-8-2-3-13(17)14(18)16-10-12-6-4-11(9-15)5-7-12/h4-7,13H,2-3,8,10H2,1H3,(H,16,18). The number of nitrogens with zero attached hydrogens (tertiary/aromatic N) is 2. The topological polar surface area (TPSA) is 90.3 Å². The number of hydrogen-bond donors (Lipinski definition) is 1. The van der Waals surface area contributed by atoms with Crippen molar-refractivity contribution in [3.63, 3.8) is 0 Å². The van der Waals surface area contributed by atoms with E-state index in [1.165, 1.54) is 4.31 Å². The van der Waals surface area contributed by atoms with Crippen molar-refractivity contribution in [3.05, 3.63) is 35.4 Å². The van der Waals surface area contributed by atoms with Gasteiger partial charge < -0.3 is 5.32 Å². The van der Waals surface area contributed by atoms with Crippen LogP contribution in [0.3, 0.4) is 0 Å². The fourth-order valence-corrected chi connectivity index (χ4v) is 3.53. The van der Waals surface area contributed by atoms with Crippen LogP contribution in [0, 0.1) is 11.3 Å². The van der Waals surface area contributed by atoms with Gasteiger partial charge in [0, 0.05) is 13.1 Å². The van der Waals surface area contributed by atoms with Crippen LogP contribution >= 0.6 is 0 Å². The first kappa shape index (κ1) is 15.5. The fraction of sp³-hybridized carbons (Fsp3) is 0.429. The van der Waals surface area contributed by atoms with E-state index in [-0.39, 0.29) is 5.91 Å². The average Bonchev–Trinajstić information content (AvgIpc) is 2.95. The molecule has 1 amide bonds. The smallest absolute Gasteiger partial charge is 0.238 e. The summed E-state index contributed by atoms with van der Waals surface area (Å²) >= 11 is 0. The van der Waals surface area contributed by atoms with Crippen molar-refractivity contribution < 1.29 is 13.2 Å². The second-order valence-electron chi connectivity index (χ2n) is 5.06. The van der Waals surface area contributed by atoms with Gasteiger partial charge in [0.1, 0.15) is 6.04 Å². The van der Waals surface area contributed by atoms with E-state index in [2.05, 4.69) is 5.32 Å². The summed E-state index contributed by atoms with van der Waals surface area (Å²) < 4.78 is 24.5. The van der Waals surface area contributed by atoms with E-state index in [9.17, 15) is 13.2 Å². The van der Waals surface area contributed by atoms with Crippen LogP contribution in [-0.2, 0) is 21.4 Å². The highest BCUT2D eigenvalue weighted by molar-refractivity contribution is 7.88. The van der Waals surface area contributed by atoms with Gasteiger partial charge in [0.05, 0.1) is 17.9 Å². The molecule has 1 heterocycles. The third kappa shape index (κ3) is 3.80. The van der Waals surface area contributed by atoms with E-state index in [0.29, 0.717) is 31.5 Å². The molecule has 1 atom stereocenters. The first-order chi connectivity index (χ1) is 9.91. The summed E-state index contributed by atoms with van der Waals surface area (Å²) in [6.45, 7) is 0.715. The molecule has 0 radical (unpaired) electrons. The number of carbonyl (C=O) groups excluding carboxylic acids is 1. The molecule has 2 rings (SSSR count). The van der Waals surface area contributed by atoms with Gasteiger partial charge in [-0.25, -0.2) is 8.42 Å². The van der Waals surface area contributed by atoms with Gasteiger partial charge >= 0.3 is 0 Å². The number of nitrogens with one attached hydrogen (secondary N) is 1. The zero-order chi connectivity index (χ0) is 15.5. The Hall–Kier alpha value is -1.91. The van der Waals surface area contributed by atoms with Crippen LogP contribution in [0.2, 0.25) is 0 Å². The molecule has 1 aromatic rings. The van der Waals surface area contributed by atoms with Crippen LogP contribution in [0.1, 0.15) is 24.0 Å². The van der Waals surface area contributed by atoms with Crippen molar-refractivity contribution in [3.8, 4) is 6.07 Å². The highest BCUT2D eigenvalue weighted by atomic mass is 32.2. The summed E-state index contributed by atoms with van der Waals surface area (Å²) in [5.41, 5.74) is 1.43. The second kappa shape index (κ2) is 6.24. The molecule has 1 aliphatic rings. The molecule has 0 bridgehead atoms. The lowest BCUT2D eigenvalue weighted by Crippen LogP contribution is -2.45. The maximum absolute atomic E-state index is 12.1. The minimum absolute atomic E-state index is 0.276. The predicted molar refractivity (Wildman–Crippen MR) is 77.6 cm³/mol. The third-order valence-corrected chi connectivity index (χ3v) is 4.77. The number of hydrogen-bond acceptors (Lipinski definition) is 4. The van der Waals surface area contributed by atoms with E-state index in [4.69, 9.17) is 5.26 Å². The van der Waals surface area contributed by atoms with Crippen LogP contribution in [-0.4, -0.2) is 37.5 Å². The van der Waals surface area contributed by atoms with Gasteiger partial charge in [0.15, 0.2) is 0 Å². The summed E-state index contributed by atoms with van der Waals surface area (Å²) in [4.78, 5) is 12.1. The van der Waals surface area contributed by atoms with Gasteiger partial charge in [-0.1, -0.05) is 12.1 Å². The molecule has 1 saturated heterocycles. The Bertz CT molecular complexity index is 662. The zero-order valence-electron chi connectivity index (χ0n) is 11.7. The van der Waals surface area contributed by atoms with Crippen molar-refractivity contribution in [1.82, 2.24) is 9.62 Å². The fourth-order valence-electron chi connectivity index (χ4n) is 2.40. The number of sulfonamides is 1. The number of carbonyl (C=O) groups is 1. The Morgan fingerprint density at radius 1 is 1.43 bits per heavy atom. The van der Waals surface area contributed by atoms with Crippen LogP contribution in [0.25, 0.3) is 0 Å². The number of benzene rings is 1. The van der Waals surface area contributed by atoms with Gasteiger partial charge in [-0.2, -0.15) is 9.57 Å². The molecular weight excluding hydrogens is 290 g/mol. The van der Waals surface area contributed by atoms with Gasteiger partial charge in [-0.15, -0.1) is 0 Å². The molecule has 1 unspecified atom stereocenters. The van der Waals surface area contributed by atoms with E-state index in [1.807, 2.05) is 6.07 Å². The summed E-state index contributed by atoms with van der Waals surface area (Å²) in [5, 5.41) is 11.5. The molecule has 0 aliphatic carbocycles. The number of rotatable bonds is 4.